The lowest BCUT2D eigenvalue weighted by atomic mass is 9.56. The van der Waals surface area contributed by atoms with Gasteiger partial charge in [0.2, 0.25) is 0 Å². The zero-order valence-corrected chi connectivity index (χ0v) is 14.0. The maximum Gasteiger partial charge on any atom is 0.155 e. The number of hydrogen-bond acceptors (Lipinski definition) is 2. The van der Waals surface area contributed by atoms with Gasteiger partial charge in [-0.05, 0) is 69.3 Å². The molecule has 0 heterocycles. The van der Waals surface area contributed by atoms with Crippen LogP contribution in [0, 0.1) is 29.6 Å². The van der Waals surface area contributed by atoms with Crippen LogP contribution in [0.3, 0.4) is 0 Å². The molecule has 1 N–H and O–H groups in total. The number of aliphatic hydroxyl groups is 1. The molecule has 4 aliphatic rings. The topological polar surface area (TPSA) is 37.3 Å². The molecule has 0 saturated heterocycles. The second kappa shape index (κ2) is 5.08. The zero-order chi connectivity index (χ0) is 16.2. The Morgan fingerprint density at radius 2 is 2.04 bits per heavy atom. The SMILES string of the molecule is C#C[C@@]1(O)CCC2=C3CCC4=CC(=O)CC[C@@H]4[C@@H]3CC[C@@]21CC. The lowest BCUT2D eigenvalue weighted by molar-refractivity contribution is -0.115. The van der Waals surface area contributed by atoms with Crippen molar-refractivity contribution in [2.45, 2.75) is 70.3 Å². The number of terminal acetylenes is 1. The van der Waals surface area contributed by atoms with Crippen LogP contribution in [-0.2, 0) is 4.79 Å². The van der Waals surface area contributed by atoms with Crippen LogP contribution in [0.5, 0.6) is 0 Å². The Labute approximate surface area is 139 Å². The minimum Gasteiger partial charge on any atom is -0.377 e. The predicted molar refractivity (Wildman–Crippen MR) is 90.5 cm³/mol. The van der Waals surface area contributed by atoms with E-state index in [1.54, 1.807) is 5.57 Å². The average molecular weight is 310 g/mol. The van der Waals surface area contributed by atoms with Gasteiger partial charge in [-0.3, -0.25) is 4.79 Å². The summed E-state index contributed by atoms with van der Waals surface area (Å²) in [5.41, 5.74) is 3.35. The van der Waals surface area contributed by atoms with Crippen molar-refractivity contribution in [2.24, 2.45) is 17.3 Å². The van der Waals surface area contributed by atoms with E-state index in [1.165, 1.54) is 11.1 Å². The Morgan fingerprint density at radius 3 is 2.78 bits per heavy atom. The van der Waals surface area contributed by atoms with Crippen LogP contribution >= 0.6 is 0 Å². The molecule has 0 bridgehead atoms. The van der Waals surface area contributed by atoms with Gasteiger partial charge in [-0.15, -0.1) is 6.42 Å². The van der Waals surface area contributed by atoms with Crippen LogP contribution in [0.1, 0.15) is 64.7 Å². The second-order valence-electron chi connectivity index (χ2n) is 7.92. The standard InChI is InChI=1S/C21H26O2/c1-3-20-11-9-17-16-8-6-15(22)13-14(16)5-7-18(17)19(20)10-12-21(20,23)4-2/h2,13,16-17,23H,3,5-12H2,1H3/t16-,17-,20-,21+/m0/s1. The number of carbonyl (C=O) groups excluding carboxylic acids is 1. The summed E-state index contributed by atoms with van der Waals surface area (Å²) in [5, 5.41) is 11.1. The first-order chi connectivity index (χ1) is 11.0. The third-order valence-corrected chi connectivity index (χ3v) is 7.36. The number of fused-ring (bicyclic) bond motifs is 4. The van der Waals surface area contributed by atoms with Crippen LogP contribution in [0.25, 0.3) is 0 Å². The Morgan fingerprint density at radius 1 is 1.22 bits per heavy atom. The minimum atomic E-state index is -0.951. The summed E-state index contributed by atoms with van der Waals surface area (Å²) in [5.74, 6) is 4.23. The zero-order valence-electron chi connectivity index (χ0n) is 14.0. The Balaban J connectivity index is 1.78. The molecule has 122 valence electrons. The van der Waals surface area contributed by atoms with E-state index in [-0.39, 0.29) is 5.41 Å². The van der Waals surface area contributed by atoms with Gasteiger partial charge in [0, 0.05) is 11.8 Å². The smallest absolute Gasteiger partial charge is 0.155 e. The van der Waals surface area contributed by atoms with E-state index in [0.29, 0.717) is 24.0 Å². The van der Waals surface area contributed by atoms with Crippen molar-refractivity contribution in [2.75, 3.05) is 0 Å². The van der Waals surface area contributed by atoms with Crippen molar-refractivity contribution in [1.82, 2.24) is 0 Å². The van der Waals surface area contributed by atoms with Crippen molar-refractivity contribution in [3.8, 4) is 12.3 Å². The van der Waals surface area contributed by atoms with Crippen LogP contribution in [0.15, 0.2) is 22.8 Å². The van der Waals surface area contributed by atoms with E-state index < -0.39 is 5.60 Å². The highest BCUT2D eigenvalue weighted by molar-refractivity contribution is 5.91. The van der Waals surface area contributed by atoms with E-state index in [9.17, 15) is 9.90 Å². The van der Waals surface area contributed by atoms with E-state index >= 15 is 0 Å². The van der Waals surface area contributed by atoms with Gasteiger partial charge in [0.1, 0.15) is 5.60 Å². The molecule has 0 aliphatic heterocycles. The molecule has 23 heavy (non-hydrogen) atoms. The molecule has 0 aromatic heterocycles. The van der Waals surface area contributed by atoms with Crippen molar-refractivity contribution in [3.05, 3.63) is 22.8 Å². The molecule has 2 nitrogen and oxygen atoms in total. The largest absolute Gasteiger partial charge is 0.377 e. The fourth-order valence-electron chi connectivity index (χ4n) is 6.20. The lowest BCUT2D eigenvalue weighted by Crippen LogP contribution is -2.47. The first-order valence-electron chi connectivity index (χ1n) is 9.20. The van der Waals surface area contributed by atoms with E-state index in [2.05, 4.69) is 12.8 Å². The summed E-state index contributed by atoms with van der Waals surface area (Å²) in [7, 11) is 0. The van der Waals surface area contributed by atoms with Gasteiger partial charge < -0.3 is 5.11 Å². The molecule has 4 rings (SSSR count). The highest BCUT2D eigenvalue weighted by atomic mass is 16.3. The Bertz CT molecular complexity index is 662. The summed E-state index contributed by atoms with van der Waals surface area (Å²) < 4.78 is 0. The van der Waals surface area contributed by atoms with Gasteiger partial charge in [-0.1, -0.05) is 29.6 Å². The molecule has 0 radical (unpaired) electrons. The van der Waals surface area contributed by atoms with Crippen LogP contribution in [-0.4, -0.2) is 16.5 Å². The van der Waals surface area contributed by atoms with Gasteiger partial charge in [0.25, 0.3) is 0 Å². The van der Waals surface area contributed by atoms with Gasteiger partial charge in [0.15, 0.2) is 5.78 Å². The monoisotopic (exact) mass is 310 g/mol. The van der Waals surface area contributed by atoms with Crippen LogP contribution in [0.2, 0.25) is 0 Å². The maximum absolute atomic E-state index is 11.7. The fourth-order valence-corrected chi connectivity index (χ4v) is 6.20. The Kier molecular flexibility index (Phi) is 3.36. The fraction of sp³-hybridized carbons (Fsp3) is 0.667. The summed E-state index contributed by atoms with van der Waals surface area (Å²) >= 11 is 0. The highest BCUT2D eigenvalue weighted by Crippen LogP contribution is 2.63. The molecule has 4 atom stereocenters. The maximum atomic E-state index is 11.7. The van der Waals surface area contributed by atoms with Gasteiger partial charge in [-0.25, -0.2) is 0 Å². The molecule has 2 fully saturated rings. The lowest BCUT2D eigenvalue weighted by Gasteiger charge is -2.49. The van der Waals surface area contributed by atoms with Crippen molar-refractivity contribution >= 4 is 5.78 Å². The molecule has 4 aliphatic carbocycles. The first kappa shape index (κ1) is 15.2. The molecular formula is C21H26O2. The quantitative estimate of drug-likeness (QED) is 0.588. The number of rotatable bonds is 1. The minimum absolute atomic E-state index is 0.181. The number of allylic oxidation sites excluding steroid dienone is 3. The molecular weight excluding hydrogens is 284 g/mol. The average Bonchev–Trinajstić information content (AvgIpc) is 2.88. The molecule has 2 saturated carbocycles. The van der Waals surface area contributed by atoms with Gasteiger partial charge >= 0.3 is 0 Å². The number of carbonyl (C=O) groups is 1. The number of hydrogen-bond donors (Lipinski definition) is 1. The Hall–Kier alpha value is -1.33. The highest BCUT2D eigenvalue weighted by Gasteiger charge is 2.58. The third-order valence-electron chi connectivity index (χ3n) is 7.36. The predicted octanol–water partition coefficient (Wildman–Crippen LogP) is 3.95. The normalized spacial score (nSPS) is 42.5. The van der Waals surface area contributed by atoms with Crippen LogP contribution < -0.4 is 0 Å². The molecule has 0 aromatic rings. The van der Waals surface area contributed by atoms with Gasteiger partial charge in [-0.2, -0.15) is 0 Å². The summed E-state index contributed by atoms with van der Waals surface area (Å²) in [4.78, 5) is 11.7. The molecule has 2 heteroatoms. The van der Waals surface area contributed by atoms with Crippen molar-refractivity contribution in [1.29, 1.82) is 0 Å². The number of ketones is 1. The third kappa shape index (κ3) is 1.89. The van der Waals surface area contributed by atoms with Crippen LogP contribution in [0.4, 0.5) is 0 Å². The summed E-state index contributed by atoms with van der Waals surface area (Å²) in [6.45, 7) is 2.18. The summed E-state index contributed by atoms with van der Waals surface area (Å²) in [6, 6.07) is 0. The molecule has 0 unspecified atom stereocenters. The molecule has 0 spiro atoms. The first-order valence-corrected chi connectivity index (χ1v) is 9.20. The molecule has 0 amide bonds. The van der Waals surface area contributed by atoms with Crippen molar-refractivity contribution < 1.29 is 9.90 Å². The molecule has 0 aromatic carbocycles. The van der Waals surface area contributed by atoms with E-state index in [0.717, 1.165) is 51.4 Å². The van der Waals surface area contributed by atoms with Crippen molar-refractivity contribution in [3.63, 3.8) is 0 Å². The van der Waals surface area contributed by atoms with E-state index in [1.807, 2.05) is 6.08 Å². The van der Waals surface area contributed by atoms with E-state index in [4.69, 9.17) is 6.42 Å². The summed E-state index contributed by atoms with van der Waals surface area (Å²) in [6.07, 6.45) is 16.3. The van der Waals surface area contributed by atoms with Gasteiger partial charge in [0.05, 0.1) is 0 Å². The second-order valence-corrected chi connectivity index (χ2v) is 7.92.